The summed E-state index contributed by atoms with van der Waals surface area (Å²) in [6.07, 6.45) is 7.84. The number of H-pyrrole nitrogens is 1. The number of fused-ring (bicyclic) bond motifs is 8. The summed E-state index contributed by atoms with van der Waals surface area (Å²) in [5.41, 5.74) is 8.03. The van der Waals surface area contributed by atoms with E-state index in [4.69, 9.17) is 9.97 Å². The predicted octanol–water partition coefficient (Wildman–Crippen LogP) is 7.31. The third-order valence-electron chi connectivity index (χ3n) is 7.20. The molecule has 0 fully saturated rings. The van der Waals surface area contributed by atoms with E-state index in [0.29, 0.717) is 5.72 Å². The monoisotopic (exact) mass is 487 g/mol. The van der Waals surface area contributed by atoms with Crippen LogP contribution in [0.25, 0.3) is 60.1 Å². The van der Waals surface area contributed by atoms with Crippen LogP contribution in [0.5, 0.6) is 0 Å². The van der Waals surface area contributed by atoms with E-state index in [9.17, 15) is 0 Å². The van der Waals surface area contributed by atoms with E-state index in [1.54, 1.807) is 6.08 Å². The molecule has 0 bridgehead atoms. The molecule has 7 rings (SSSR count). The molecule has 38 heavy (non-hydrogen) atoms. The molecule has 0 aliphatic carbocycles. The standard InChI is InChI=1S/C33H24BN4/c1-3-5-12-21(4-2)32-23-14-7-10-17-26(23)36-33(37-32)34-38-28-18-11-8-15-24(28)31-29(38)20-19-27-30(31)22-13-6-9-16-25(22)35-27/h3-20,35H,1H2,2H3/b12-5-,21-4+. The molecular weight excluding hydrogens is 463 g/mol. The molecule has 179 valence electrons. The van der Waals surface area contributed by atoms with Crippen LogP contribution in [0.4, 0.5) is 0 Å². The molecule has 1 radical (unpaired) electrons. The van der Waals surface area contributed by atoms with E-state index >= 15 is 0 Å². The van der Waals surface area contributed by atoms with Gasteiger partial charge in [0.2, 0.25) is 0 Å². The van der Waals surface area contributed by atoms with Crippen LogP contribution in [0.1, 0.15) is 12.6 Å². The van der Waals surface area contributed by atoms with Crippen molar-refractivity contribution in [2.45, 2.75) is 6.92 Å². The molecule has 5 heteroatoms. The van der Waals surface area contributed by atoms with Crippen LogP contribution in [-0.2, 0) is 0 Å². The van der Waals surface area contributed by atoms with Gasteiger partial charge in [0.25, 0.3) is 0 Å². The van der Waals surface area contributed by atoms with E-state index in [-0.39, 0.29) is 0 Å². The number of aromatic amines is 1. The zero-order valence-corrected chi connectivity index (χ0v) is 21.0. The van der Waals surface area contributed by atoms with Gasteiger partial charge in [0.05, 0.1) is 11.2 Å². The molecule has 1 N–H and O–H groups in total. The molecule has 7 aromatic rings. The third-order valence-corrected chi connectivity index (χ3v) is 7.20. The van der Waals surface area contributed by atoms with Gasteiger partial charge in [-0.1, -0.05) is 85.5 Å². The smallest absolute Gasteiger partial charge is 0.340 e. The molecular formula is C33H24BN4. The lowest BCUT2D eigenvalue weighted by Crippen LogP contribution is -2.29. The highest BCUT2D eigenvalue weighted by atomic mass is 15.0. The summed E-state index contributed by atoms with van der Waals surface area (Å²) in [5.74, 6) is 0. The van der Waals surface area contributed by atoms with E-state index in [1.165, 1.54) is 21.5 Å². The second-order valence-corrected chi connectivity index (χ2v) is 9.36. The van der Waals surface area contributed by atoms with Crippen molar-refractivity contribution in [2.24, 2.45) is 0 Å². The minimum absolute atomic E-state index is 0.659. The van der Waals surface area contributed by atoms with Gasteiger partial charge in [0, 0.05) is 49.0 Å². The Hall–Kier alpha value is -4.90. The summed E-state index contributed by atoms with van der Waals surface area (Å²) in [6.45, 7) is 5.86. The Bertz CT molecular complexity index is 2090. The van der Waals surface area contributed by atoms with Gasteiger partial charge in [0.1, 0.15) is 5.72 Å². The lowest BCUT2D eigenvalue weighted by Gasteiger charge is -2.11. The summed E-state index contributed by atoms with van der Waals surface area (Å²) in [7, 11) is 2.06. The summed E-state index contributed by atoms with van der Waals surface area (Å²) in [4.78, 5) is 13.6. The Kier molecular flexibility index (Phi) is 5.22. The fourth-order valence-electron chi connectivity index (χ4n) is 5.54. The van der Waals surface area contributed by atoms with Crippen LogP contribution in [-0.4, -0.2) is 26.8 Å². The molecule has 0 aliphatic rings. The lowest BCUT2D eigenvalue weighted by atomic mass is 9.90. The van der Waals surface area contributed by atoms with Crippen molar-refractivity contribution in [3.05, 3.63) is 122 Å². The van der Waals surface area contributed by atoms with Crippen LogP contribution in [0.15, 0.2) is 116 Å². The van der Waals surface area contributed by atoms with E-state index in [2.05, 4.69) is 96.3 Å². The molecule has 4 aromatic carbocycles. The first-order chi connectivity index (χ1) is 18.8. The van der Waals surface area contributed by atoms with Crippen molar-refractivity contribution in [1.82, 2.24) is 19.4 Å². The average molecular weight is 487 g/mol. The molecule has 0 saturated carbocycles. The van der Waals surface area contributed by atoms with Crippen molar-refractivity contribution in [3.8, 4) is 0 Å². The molecule has 0 atom stereocenters. The minimum Gasteiger partial charge on any atom is -0.381 e. The number of nitrogens with one attached hydrogen (secondary N) is 1. The number of allylic oxidation sites excluding steroid dienone is 5. The number of para-hydroxylation sites is 3. The zero-order chi connectivity index (χ0) is 25.6. The SMILES string of the molecule is C=C/C=C\C(=C/C)c1nc([B]n2c3ccccc3c3c4c(ccc32)[nH]c2ccccc24)nc2ccccc12. The van der Waals surface area contributed by atoms with Crippen molar-refractivity contribution >= 4 is 73.2 Å². The number of rotatable bonds is 5. The summed E-state index contributed by atoms with van der Waals surface area (Å²) >= 11 is 0. The highest BCUT2D eigenvalue weighted by Crippen LogP contribution is 2.38. The second kappa shape index (κ2) is 8.89. The zero-order valence-electron chi connectivity index (χ0n) is 21.0. The van der Waals surface area contributed by atoms with Crippen molar-refractivity contribution < 1.29 is 0 Å². The van der Waals surface area contributed by atoms with Crippen molar-refractivity contribution in [3.63, 3.8) is 0 Å². The van der Waals surface area contributed by atoms with Gasteiger partial charge in [-0.2, -0.15) is 0 Å². The molecule has 3 heterocycles. The largest absolute Gasteiger partial charge is 0.381 e. The van der Waals surface area contributed by atoms with Gasteiger partial charge in [-0.15, -0.1) is 0 Å². The second-order valence-electron chi connectivity index (χ2n) is 9.36. The first kappa shape index (κ1) is 22.3. The van der Waals surface area contributed by atoms with Gasteiger partial charge in [-0.25, -0.2) is 9.97 Å². The van der Waals surface area contributed by atoms with E-state index in [1.807, 2.05) is 37.3 Å². The van der Waals surface area contributed by atoms with Gasteiger partial charge in [-0.3, -0.25) is 0 Å². The van der Waals surface area contributed by atoms with Crippen LogP contribution in [0, 0.1) is 0 Å². The topological polar surface area (TPSA) is 46.5 Å². The number of benzene rings is 4. The normalized spacial score (nSPS) is 12.5. The highest BCUT2D eigenvalue weighted by molar-refractivity contribution is 6.53. The lowest BCUT2D eigenvalue weighted by molar-refractivity contribution is 1.23. The van der Waals surface area contributed by atoms with Crippen LogP contribution in [0.2, 0.25) is 0 Å². The van der Waals surface area contributed by atoms with Crippen LogP contribution < -0.4 is 5.72 Å². The minimum atomic E-state index is 0.659. The molecule has 0 spiro atoms. The Balaban J connectivity index is 1.49. The quantitative estimate of drug-likeness (QED) is 0.204. The van der Waals surface area contributed by atoms with Crippen molar-refractivity contribution in [1.29, 1.82) is 0 Å². The van der Waals surface area contributed by atoms with Gasteiger partial charge in [-0.05, 0) is 42.8 Å². The van der Waals surface area contributed by atoms with E-state index < -0.39 is 0 Å². The van der Waals surface area contributed by atoms with Crippen molar-refractivity contribution in [2.75, 3.05) is 0 Å². The average Bonchev–Trinajstić information content (AvgIpc) is 3.49. The molecule has 3 aromatic heterocycles. The number of nitrogens with zero attached hydrogens (tertiary/aromatic N) is 3. The maximum absolute atomic E-state index is 5.07. The first-order valence-electron chi connectivity index (χ1n) is 12.8. The number of hydrogen-bond donors (Lipinski definition) is 1. The summed E-state index contributed by atoms with van der Waals surface area (Å²) in [5, 5.41) is 5.93. The number of hydrogen-bond acceptors (Lipinski definition) is 2. The third kappa shape index (κ3) is 3.40. The van der Waals surface area contributed by atoms with Crippen LogP contribution in [0.3, 0.4) is 0 Å². The highest BCUT2D eigenvalue weighted by Gasteiger charge is 2.19. The first-order valence-corrected chi connectivity index (χ1v) is 12.8. The Morgan fingerprint density at radius 1 is 0.789 bits per heavy atom. The molecule has 0 unspecified atom stereocenters. The molecule has 0 aliphatic heterocycles. The Morgan fingerprint density at radius 3 is 2.39 bits per heavy atom. The molecule has 4 nitrogen and oxygen atoms in total. The van der Waals surface area contributed by atoms with Gasteiger partial charge < -0.3 is 9.46 Å². The maximum atomic E-state index is 5.07. The van der Waals surface area contributed by atoms with Crippen LogP contribution >= 0.6 is 0 Å². The predicted molar refractivity (Wildman–Crippen MR) is 162 cm³/mol. The number of aromatic nitrogens is 4. The fraction of sp³-hybridized carbons (Fsp3) is 0.0303. The summed E-state index contributed by atoms with van der Waals surface area (Å²) in [6, 6.07) is 29.6. The summed E-state index contributed by atoms with van der Waals surface area (Å²) < 4.78 is 2.23. The Labute approximate surface area is 220 Å². The fourth-order valence-corrected chi connectivity index (χ4v) is 5.54. The maximum Gasteiger partial charge on any atom is 0.340 e. The van der Waals surface area contributed by atoms with Gasteiger partial charge in [0.15, 0.2) is 0 Å². The van der Waals surface area contributed by atoms with Gasteiger partial charge >= 0.3 is 7.41 Å². The molecule has 0 amide bonds. The van der Waals surface area contributed by atoms with E-state index in [0.717, 1.165) is 44.2 Å². The Morgan fingerprint density at radius 2 is 1.55 bits per heavy atom. The molecule has 0 saturated heterocycles.